The fourth-order valence-corrected chi connectivity index (χ4v) is 3.61. The lowest BCUT2D eigenvalue weighted by molar-refractivity contribution is 0.599. The minimum atomic E-state index is -3.72. The standard InChI is InChI=1S/C12H15ClN4O2S/c1-7-12(8(2)17(3)15-7)20(18,19)16-9-4-5-11(14)10(13)6-9/h4-6,16H,14H2,1-3H3. The third-order valence-electron chi connectivity index (χ3n) is 2.96. The Morgan fingerprint density at radius 2 is 2.00 bits per heavy atom. The van der Waals surface area contributed by atoms with Crippen LogP contribution in [-0.2, 0) is 17.1 Å². The van der Waals surface area contributed by atoms with E-state index in [1.807, 2.05) is 0 Å². The van der Waals surface area contributed by atoms with Gasteiger partial charge in [0.05, 0.1) is 27.8 Å². The number of rotatable bonds is 3. The molecule has 0 spiro atoms. The quantitative estimate of drug-likeness (QED) is 0.849. The van der Waals surface area contributed by atoms with Crippen molar-refractivity contribution in [3.63, 3.8) is 0 Å². The summed E-state index contributed by atoms with van der Waals surface area (Å²) in [5.74, 6) is 0. The summed E-state index contributed by atoms with van der Waals surface area (Å²) in [5.41, 5.74) is 7.35. The second-order valence-electron chi connectivity index (χ2n) is 4.47. The smallest absolute Gasteiger partial charge is 0.265 e. The van der Waals surface area contributed by atoms with Crippen LogP contribution in [0.3, 0.4) is 0 Å². The molecule has 0 saturated heterocycles. The average Bonchev–Trinajstić information content (AvgIpc) is 2.58. The number of nitrogens with two attached hydrogens (primary N) is 1. The van der Waals surface area contributed by atoms with E-state index in [0.717, 1.165) is 0 Å². The van der Waals surface area contributed by atoms with E-state index in [2.05, 4.69) is 9.82 Å². The van der Waals surface area contributed by atoms with E-state index < -0.39 is 10.0 Å². The molecule has 0 radical (unpaired) electrons. The largest absolute Gasteiger partial charge is 0.398 e. The molecule has 0 atom stereocenters. The van der Waals surface area contributed by atoms with Crippen LogP contribution in [0.15, 0.2) is 23.1 Å². The van der Waals surface area contributed by atoms with Crippen molar-refractivity contribution in [1.82, 2.24) is 9.78 Å². The van der Waals surface area contributed by atoms with Crippen molar-refractivity contribution in [3.05, 3.63) is 34.6 Å². The normalized spacial score (nSPS) is 11.6. The summed E-state index contributed by atoms with van der Waals surface area (Å²) in [6.45, 7) is 3.35. The number of nitrogens with zero attached hydrogens (tertiary/aromatic N) is 2. The number of aryl methyl sites for hydroxylation is 2. The highest BCUT2D eigenvalue weighted by Gasteiger charge is 2.23. The molecule has 1 aromatic heterocycles. The molecule has 20 heavy (non-hydrogen) atoms. The summed E-state index contributed by atoms with van der Waals surface area (Å²) in [6.07, 6.45) is 0. The van der Waals surface area contributed by atoms with Gasteiger partial charge < -0.3 is 5.73 Å². The summed E-state index contributed by atoms with van der Waals surface area (Å²) >= 11 is 5.88. The van der Waals surface area contributed by atoms with Crippen molar-refractivity contribution in [2.75, 3.05) is 10.5 Å². The number of hydrogen-bond acceptors (Lipinski definition) is 4. The fraction of sp³-hybridized carbons (Fsp3) is 0.250. The molecule has 0 aliphatic rings. The number of halogens is 1. The van der Waals surface area contributed by atoms with Crippen molar-refractivity contribution in [3.8, 4) is 0 Å². The third kappa shape index (κ3) is 2.59. The highest BCUT2D eigenvalue weighted by Crippen LogP contribution is 2.26. The first kappa shape index (κ1) is 14.7. The monoisotopic (exact) mass is 314 g/mol. The van der Waals surface area contributed by atoms with Crippen LogP contribution in [0.2, 0.25) is 5.02 Å². The van der Waals surface area contributed by atoms with Crippen LogP contribution in [0, 0.1) is 13.8 Å². The Labute approximate surface area is 122 Å². The van der Waals surface area contributed by atoms with Crippen molar-refractivity contribution in [2.24, 2.45) is 7.05 Å². The molecule has 1 heterocycles. The van der Waals surface area contributed by atoms with Crippen LogP contribution in [0.4, 0.5) is 11.4 Å². The zero-order valence-corrected chi connectivity index (χ0v) is 12.9. The Kier molecular flexibility index (Phi) is 3.66. The van der Waals surface area contributed by atoms with E-state index in [0.29, 0.717) is 27.8 Å². The minimum absolute atomic E-state index is 0.174. The van der Waals surface area contributed by atoms with Gasteiger partial charge in [-0.05, 0) is 32.0 Å². The molecule has 0 bridgehead atoms. The van der Waals surface area contributed by atoms with E-state index in [1.165, 1.54) is 10.7 Å². The second-order valence-corrected chi connectivity index (χ2v) is 6.49. The van der Waals surface area contributed by atoms with E-state index >= 15 is 0 Å². The first-order valence-electron chi connectivity index (χ1n) is 5.80. The molecule has 6 nitrogen and oxygen atoms in total. The number of benzene rings is 1. The van der Waals surface area contributed by atoms with Crippen LogP contribution in [0.5, 0.6) is 0 Å². The molecule has 0 aliphatic carbocycles. The van der Waals surface area contributed by atoms with Gasteiger partial charge in [-0.2, -0.15) is 5.10 Å². The molecule has 2 aromatic rings. The van der Waals surface area contributed by atoms with Gasteiger partial charge in [-0.1, -0.05) is 11.6 Å². The zero-order chi connectivity index (χ0) is 15.1. The molecular formula is C12H15ClN4O2S. The summed E-state index contributed by atoms with van der Waals surface area (Å²) in [6, 6.07) is 4.57. The third-order valence-corrected chi connectivity index (χ3v) is 4.92. The Morgan fingerprint density at radius 1 is 1.35 bits per heavy atom. The molecule has 2 rings (SSSR count). The molecule has 108 valence electrons. The Hall–Kier alpha value is -1.73. The molecule has 0 saturated carbocycles. The van der Waals surface area contributed by atoms with Gasteiger partial charge in [0.1, 0.15) is 4.90 Å². The first-order chi connectivity index (χ1) is 9.22. The lowest BCUT2D eigenvalue weighted by Crippen LogP contribution is -2.15. The van der Waals surface area contributed by atoms with Crippen molar-refractivity contribution >= 4 is 33.0 Å². The molecule has 0 unspecified atom stereocenters. The van der Waals surface area contributed by atoms with E-state index in [4.69, 9.17) is 17.3 Å². The minimum Gasteiger partial charge on any atom is -0.398 e. The maximum Gasteiger partial charge on any atom is 0.265 e. The average molecular weight is 315 g/mol. The van der Waals surface area contributed by atoms with Crippen LogP contribution in [0.1, 0.15) is 11.4 Å². The maximum atomic E-state index is 12.4. The van der Waals surface area contributed by atoms with Gasteiger partial charge in [-0.25, -0.2) is 8.42 Å². The van der Waals surface area contributed by atoms with Crippen molar-refractivity contribution in [2.45, 2.75) is 18.7 Å². The zero-order valence-electron chi connectivity index (χ0n) is 11.3. The van der Waals surface area contributed by atoms with Gasteiger partial charge in [0, 0.05) is 7.05 Å². The Morgan fingerprint density at radius 3 is 2.50 bits per heavy atom. The van der Waals surface area contributed by atoms with Gasteiger partial charge in [0.2, 0.25) is 0 Å². The summed E-state index contributed by atoms with van der Waals surface area (Å²) in [7, 11) is -2.02. The second kappa shape index (κ2) is 4.99. The highest BCUT2D eigenvalue weighted by atomic mass is 35.5. The highest BCUT2D eigenvalue weighted by molar-refractivity contribution is 7.92. The van der Waals surface area contributed by atoms with E-state index in [-0.39, 0.29) is 4.90 Å². The van der Waals surface area contributed by atoms with Gasteiger partial charge in [-0.15, -0.1) is 0 Å². The molecule has 1 aromatic carbocycles. The number of sulfonamides is 1. The number of anilines is 2. The lowest BCUT2D eigenvalue weighted by Gasteiger charge is -2.09. The van der Waals surface area contributed by atoms with Crippen LogP contribution in [-0.4, -0.2) is 18.2 Å². The van der Waals surface area contributed by atoms with E-state index in [9.17, 15) is 8.42 Å². The predicted octanol–water partition coefficient (Wildman–Crippen LogP) is 2.07. The topological polar surface area (TPSA) is 90.0 Å². The first-order valence-corrected chi connectivity index (χ1v) is 7.66. The molecule has 3 N–H and O–H groups in total. The summed E-state index contributed by atoms with van der Waals surface area (Å²) in [5, 5.41) is 4.40. The van der Waals surface area contributed by atoms with Gasteiger partial charge in [0.15, 0.2) is 0 Å². The molecule has 0 amide bonds. The van der Waals surface area contributed by atoms with Gasteiger partial charge in [-0.3, -0.25) is 9.40 Å². The molecular weight excluding hydrogens is 300 g/mol. The predicted molar refractivity (Wildman–Crippen MR) is 79.4 cm³/mol. The number of hydrogen-bond donors (Lipinski definition) is 2. The fourth-order valence-electron chi connectivity index (χ4n) is 1.94. The Bertz CT molecular complexity index is 768. The van der Waals surface area contributed by atoms with Gasteiger partial charge in [0.25, 0.3) is 10.0 Å². The molecule has 0 fully saturated rings. The SMILES string of the molecule is Cc1nn(C)c(C)c1S(=O)(=O)Nc1ccc(N)c(Cl)c1. The summed E-state index contributed by atoms with van der Waals surface area (Å²) < 4.78 is 28.8. The maximum absolute atomic E-state index is 12.4. The van der Waals surface area contributed by atoms with Crippen molar-refractivity contribution < 1.29 is 8.42 Å². The van der Waals surface area contributed by atoms with Gasteiger partial charge >= 0.3 is 0 Å². The van der Waals surface area contributed by atoms with Crippen LogP contribution < -0.4 is 10.5 Å². The number of nitrogen functional groups attached to an aromatic ring is 1. The number of nitrogens with one attached hydrogen (secondary N) is 1. The molecule has 0 aliphatic heterocycles. The Balaban J connectivity index is 2.43. The van der Waals surface area contributed by atoms with Crippen molar-refractivity contribution in [1.29, 1.82) is 0 Å². The van der Waals surface area contributed by atoms with Crippen LogP contribution in [0.25, 0.3) is 0 Å². The molecule has 8 heteroatoms. The summed E-state index contributed by atoms with van der Waals surface area (Å²) in [4.78, 5) is 0.174. The van der Waals surface area contributed by atoms with Crippen LogP contribution >= 0.6 is 11.6 Å². The van der Waals surface area contributed by atoms with E-state index in [1.54, 1.807) is 33.0 Å². The number of aromatic nitrogens is 2. The lowest BCUT2D eigenvalue weighted by atomic mass is 10.3.